The first kappa shape index (κ1) is 22.1. The molecule has 3 amide bonds. The fourth-order valence-corrected chi connectivity index (χ4v) is 4.54. The van der Waals surface area contributed by atoms with Crippen LogP contribution in [0.1, 0.15) is 34.4 Å². The van der Waals surface area contributed by atoms with Crippen molar-refractivity contribution < 1.29 is 9.59 Å². The lowest BCUT2D eigenvalue weighted by Crippen LogP contribution is -2.45. The van der Waals surface area contributed by atoms with E-state index < -0.39 is 0 Å². The van der Waals surface area contributed by atoms with Gasteiger partial charge in [-0.2, -0.15) is 0 Å². The van der Waals surface area contributed by atoms with Crippen LogP contribution in [0.15, 0.2) is 66.0 Å². The van der Waals surface area contributed by atoms with Crippen LogP contribution in [0.2, 0.25) is 0 Å². The molecule has 1 saturated carbocycles. The number of para-hydroxylation sites is 1. The summed E-state index contributed by atoms with van der Waals surface area (Å²) in [6, 6.07) is 19.9. The number of carbonyl (C=O) groups excluding carboxylic acids is 2. The maximum atomic E-state index is 13.4. The van der Waals surface area contributed by atoms with Gasteiger partial charge >= 0.3 is 6.03 Å². The van der Waals surface area contributed by atoms with E-state index in [1.807, 2.05) is 84.8 Å². The molecular weight excluding hydrogens is 418 g/mol. The van der Waals surface area contributed by atoms with Gasteiger partial charge in [-0.15, -0.1) is 11.3 Å². The van der Waals surface area contributed by atoms with Crippen LogP contribution in [0.5, 0.6) is 0 Å². The van der Waals surface area contributed by atoms with Crippen molar-refractivity contribution in [3.05, 3.63) is 87.6 Å². The van der Waals surface area contributed by atoms with Crippen LogP contribution in [0, 0.1) is 13.8 Å². The van der Waals surface area contributed by atoms with Crippen molar-refractivity contribution in [2.75, 3.05) is 11.9 Å². The van der Waals surface area contributed by atoms with Crippen molar-refractivity contribution in [3.63, 3.8) is 0 Å². The van der Waals surface area contributed by atoms with Crippen molar-refractivity contribution in [2.45, 2.75) is 45.8 Å². The van der Waals surface area contributed by atoms with Gasteiger partial charge in [0, 0.05) is 23.2 Å². The highest BCUT2D eigenvalue weighted by Crippen LogP contribution is 2.29. The molecule has 1 N–H and O–H groups in total. The Morgan fingerprint density at radius 3 is 2.28 bits per heavy atom. The second-order valence-corrected chi connectivity index (χ2v) is 9.40. The number of benzene rings is 2. The number of hydrogen-bond donors (Lipinski definition) is 1. The van der Waals surface area contributed by atoms with E-state index in [9.17, 15) is 9.59 Å². The van der Waals surface area contributed by atoms with Gasteiger partial charge in [-0.3, -0.25) is 4.79 Å². The quantitative estimate of drug-likeness (QED) is 0.489. The van der Waals surface area contributed by atoms with Gasteiger partial charge in [0.05, 0.1) is 6.54 Å². The molecule has 32 heavy (non-hydrogen) atoms. The molecule has 1 aliphatic rings. The summed E-state index contributed by atoms with van der Waals surface area (Å²) < 4.78 is 0. The summed E-state index contributed by atoms with van der Waals surface area (Å²) in [5.74, 6) is -0.0363. The van der Waals surface area contributed by atoms with Gasteiger partial charge in [0.2, 0.25) is 5.91 Å². The lowest BCUT2D eigenvalue weighted by Gasteiger charge is -2.28. The average molecular weight is 448 g/mol. The Kier molecular flexibility index (Phi) is 6.90. The molecule has 5 nitrogen and oxygen atoms in total. The molecule has 1 aromatic heterocycles. The predicted molar refractivity (Wildman–Crippen MR) is 130 cm³/mol. The number of hydrogen-bond acceptors (Lipinski definition) is 3. The number of urea groups is 1. The molecule has 0 unspecified atom stereocenters. The number of nitrogens with zero attached hydrogens (tertiary/aromatic N) is 2. The lowest BCUT2D eigenvalue weighted by atomic mass is 10.1. The molecule has 1 heterocycles. The van der Waals surface area contributed by atoms with Crippen LogP contribution >= 0.6 is 11.3 Å². The minimum absolute atomic E-state index is 0.0363. The normalized spacial score (nSPS) is 12.9. The van der Waals surface area contributed by atoms with E-state index in [-0.39, 0.29) is 24.5 Å². The third kappa shape index (κ3) is 5.56. The van der Waals surface area contributed by atoms with Gasteiger partial charge in [-0.05, 0) is 54.8 Å². The molecule has 0 spiro atoms. The van der Waals surface area contributed by atoms with E-state index in [2.05, 4.69) is 5.32 Å². The first-order valence-corrected chi connectivity index (χ1v) is 11.9. The van der Waals surface area contributed by atoms with E-state index in [0.717, 1.165) is 40.1 Å². The molecule has 0 aliphatic heterocycles. The SMILES string of the molecule is Cc1cccc(C)c1NC(=O)N(CC(=O)N(Cc1ccccc1)Cc1cccs1)C1CC1. The van der Waals surface area contributed by atoms with Gasteiger partial charge in [0.1, 0.15) is 6.54 Å². The number of rotatable bonds is 8. The van der Waals surface area contributed by atoms with Crippen molar-refractivity contribution in [1.29, 1.82) is 0 Å². The van der Waals surface area contributed by atoms with Gasteiger partial charge < -0.3 is 15.1 Å². The van der Waals surface area contributed by atoms with E-state index >= 15 is 0 Å². The fourth-order valence-electron chi connectivity index (χ4n) is 3.82. The average Bonchev–Trinajstić information content (AvgIpc) is 3.50. The van der Waals surface area contributed by atoms with Crippen molar-refractivity contribution >= 4 is 29.0 Å². The third-order valence-corrected chi connectivity index (χ3v) is 6.62. The largest absolute Gasteiger partial charge is 0.332 e. The standard InChI is InChI=1S/C26H29N3O2S/c1-19-8-6-9-20(2)25(19)27-26(31)29(22-13-14-22)18-24(30)28(17-23-12-7-15-32-23)16-21-10-4-3-5-11-21/h3-12,15,22H,13-14,16-18H2,1-2H3,(H,27,31). The van der Waals surface area contributed by atoms with Gasteiger partial charge in [-0.1, -0.05) is 54.6 Å². The molecule has 3 aromatic rings. The fraction of sp³-hybridized carbons (Fsp3) is 0.308. The lowest BCUT2D eigenvalue weighted by molar-refractivity contribution is -0.133. The number of thiophene rings is 1. The molecule has 1 fully saturated rings. The van der Waals surface area contributed by atoms with Crippen LogP contribution < -0.4 is 5.32 Å². The molecule has 6 heteroatoms. The summed E-state index contributed by atoms with van der Waals surface area (Å²) in [5, 5.41) is 5.08. The first-order chi connectivity index (χ1) is 15.5. The van der Waals surface area contributed by atoms with Gasteiger partial charge in [-0.25, -0.2) is 4.79 Å². The Balaban J connectivity index is 1.49. The van der Waals surface area contributed by atoms with Crippen molar-refractivity contribution in [3.8, 4) is 0 Å². The molecule has 1 aliphatic carbocycles. The first-order valence-electron chi connectivity index (χ1n) is 11.0. The second-order valence-electron chi connectivity index (χ2n) is 8.37. The van der Waals surface area contributed by atoms with E-state index in [0.29, 0.717) is 13.1 Å². The summed E-state index contributed by atoms with van der Waals surface area (Å²) in [7, 11) is 0. The van der Waals surface area contributed by atoms with Crippen LogP contribution in [0.25, 0.3) is 0 Å². The third-order valence-electron chi connectivity index (χ3n) is 5.76. The predicted octanol–water partition coefficient (Wildman–Crippen LogP) is 5.59. The Morgan fingerprint density at radius 1 is 0.938 bits per heavy atom. The number of aryl methyl sites for hydroxylation is 2. The molecule has 4 rings (SSSR count). The summed E-state index contributed by atoms with van der Waals surface area (Å²) in [6.07, 6.45) is 1.88. The van der Waals surface area contributed by atoms with Crippen molar-refractivity contribution in [2.24, 2.45) is 0 Å². The van der Waals surface area contributed by atoms with Crippen LogP contribution in [0.4, 0.5) is 10.5 Å². The second kappa shape index (κ2) is 10.0. The highest BCUT2D eigenvalue weighted by Gasteiger charge is 2.35. The zero-order chi connectivity index (χ0) is 22.5. The number of carbonyl (C=O) groups is 2. The summed E-state index contributed by atoms with van der Waals surface area (Å²) >= 11 is 1.64. The Hall–Kier alpha value is -3.12. The van der Waals surface area contributed by atoms with E-state index in [1.165, 1.54) is 0 Å². The molecule has 166 valence electrons. The highest BCUT2D eigenvalue weighted by atomic mass is 32.1. The van der Waals surface area contributed by atoms with Crippen LogP contribution in [-0.2, 0) is 17.9 Å². The summed E-state index contributed by atoms with van der Waals surface area (Å²) in [5.41, 5.74) is 3.94. The maximum absolute atomic E-state index is 13.4. The Labute approximate surface area is 193 Å². The minimum Gasteiger partial charge on any atom is -0.332 e. The van der Waals surface area contributed by atoms with E-state index in [4.69, 9.17) is 0 Å². The molecular formula is C26H29N3O2S. The molecule has 0 saturated heterocycles. The molecule has 0 bridgehead atoms. The number of nitrogens with one attached hydrogen (secondary N) is 1. The number of amides is 3. The molecule has 0 radical (unpaired) electrons. The zero-order valence-corrected chi connectivity index (χ0v) is 19.4. The van der Waals surface area contributed by atoms with E-state index in [1.54, 1.807) is 16.2 Å². The monoisotopic (exact) mass is 447 g/mol. The minimum atomic E-state index is -0.200. The topological polar surface area (TPSA) is 52.7 Å². The zero-order valence-electron chi connectivity index (χ0n) is 18.6. The number of anilines is 1. The molecule has 0 atom stereocenters. The smallest absolute Gasteiger partial charge is 0.322 e. The van der Waals surface area contributed by atoms with Gasteiger partial charge in [0.15, 0.2) is 0 Å². The summed E-state index contributed by atoms with van der Waals surface area (Å²) in [6.45, 7) is 5.12. The van der Waals surface area contributed by atoms with Crippen molar-refractivity contribution in [1.82, 2.24) is 9.80 Å². The van der Waals surface area contributed by atoms with Crippen LogP contribution in [0.3, 0.4) is 0 Å². The maximum Gasteiger partial charge on any atom is 0.322 e. The summed E-state index contributed by atoms with van der Waals surface area (Å²) in [4.78, 5) is 31.3. The Morgan fingerprint density at radius 2 is 1.66 bits per heavy atom. The van der Waals surface area contributed by atoms with Gasteiger partial charge in [0.25, 0.3) is 0 Å². The van der Waals surface area contributed by atoms with Crippen LogP contribution in [-0.4, -0.2) is 34.3 Å². The molecule has 2 aromatic carbocycles. The Bertz CT molecular complexity index is 1040. The highest BCUT2D eigenvalue weighted by molar-refractivity contribution is 7.09.